The minimum absolute atomic E-state index is 0.598. The molecule has 0 unspecified atom stereocenters. The summed E-state index contributed by atoms with van der Waals surface area (Å²) in [6.45, 7) is 3.78. The highest BCUT2D eigenvalue weighted by Crippen LogP contribution is 2.13. The topological polar surface area (TPSA) is 68.2 Å². The molecule has 1 aliphatic heterocycles. The molecule has 0 bridgehead atoms. The normalized spacial score (nSPS) is 18.6. The molecule has 2 rings (SSSR count). The monoisotopic (exact) mass is 224 g/mol. The van der Waals surface area contributed by atoms with Gasteiger partial charge in [-0.15, -0.1) is 0 Å². The second kappa shape index (κ2) is 5.96. The van der Waals surface area contributed by atoms with E-state index in [2.05, 4.69) is 15.2 Å². The van der Waals surface area contributed by atoms with Gasteiger partial charge in [-0.3, -0.25) is 4.90 Å². The Morgan fingerprint density at radius 2 is 1.75 bits per heavy atom. The van der Waals surface area contributed by atoms with Crippen molar-refractivity contribution in [1.29, 1.82) is 0 Å². The average Bonchev–Trinajstić information content (AvgIpc) is 2.56. The molecule has 0 aromatic carbocycles. The van der Waals surface area contributed by atoms with E-state index in [1.165, 1.54) is 25.7 Å². The summed E-state index contributed by atoms with van der Waals surface area (Å²) in [6, 6.07) is 0. The maximum Gasteiger partial charge on any atom is 0.122 e. The van der Waals surface area contributed by atoms with E-state index >= 15 is 0 Å². The second-order valence-corrected chi connectivity index (χ2v) is 4.39. The minimum Gasteiger partial charge on any atom is -0.330 e. The molecule has 0 radical (unpaired) electrons. The molecule has 1 aromatic rings. The molecule has 5 nitrogen and oxygen atoms in total. The van der Waals surface area contributed by atoms with Crippen molar-refractivity contribution in [2.24, 2.45) is 5.73 Å². The lowest BCUT2D eigenvalue weighted by Crippen LogP contribution is -2.25. The van der Waals surface area contributed by atoms with Crippen LogP contribution in [0.3, 0.4) is 0 Å². The summed E-state index contributed by atoms with van der Waals surface area (Å²) in [5.74, 6) is 0. The van der Waals surface area contributed by atoms with Gasteiger partial charge in [0, 0.05) is 13.0 Å². The molecule has 0 spiro atoms. The highest BCUT2D eigenvalue weighted by molar-refractivity contribution is 5.07. The maximum atomic E-state index is 5.52. The van der Waals surface area contributed by atoms with Gasteiger partial charge in [0.2, 0.25) is 0 Å². The molecule has 2 N–H and O–H groups in total. The van der Waals surface area contributed by atoms with Crippen molar-refractivity contribution < 1.29 is 4.63 Å². The van der Waals surface area contributed by atoms with E-state index in [-0.39, 0.29) is 0 Å². The van der Waals surface area contributed by atoms with Crippen molar-refractivity contribution >= 4 is 0 Å². The van der Waals surface area contributed by atoms with Gasteiger partial charge in [0.25, 0.3) is 0 Å². The summed E-state index contributed by atoms with van der Waals surface area (Å²) in [7, 11) is 0. The van der Waals surface area contributed by atoms with Crippen LogP contribution < -0.4 is 5.73 Å². The Bertz CT molecular complexity index is 305. The Kier molecular flexibility index (Phi) is 4.30. The van der Waals surface area contributed by atoms with Crippen LogP contribution in [0.25, 0.3) is 0 Å². The van der Waals surface area contributed by atoms with Crippen LogP contribution in [0, 0.1) is 0 Å². The lowest BCUT2D eigenvalue weighted by molar-refractivity contribution is 0.257. The summed E-state index contributed by atoms with van der Waals surface area (Å²) in [5, 5.41) is 7.88. The lowest BCUT2D eigenvalue weighted by Gasteiger charge is -2.18. The highest BCUT2D eigenvalue weighted by Gasteiger charge is 2.15. The van der Waals surface area contributed by atoms with Crippen molar-refractivity contribution in [3.63, 3.8) is 0 Å². The molecule has 1 saturated heterocycles. The van der Waals surface area contributed by atoms with Gasteiger partial charge in [-0.1, -0.05) is 23.2 Å². The Morgan fingerprint density at radius 3 is 2.44 bits per heavy atom. The quantitative estimate of drug-likeness (QED) is 0.824. The maximum absolute atomic E-state index is 5.52. The van der Waals surface area contributed by atoms with Gasteiger partial charge in [0.05, 0.1) is 0 Å². The molecular formula is C11H20N4O. The molecular weight excluding hydrogens is 204 g/mol. The summed E-state index contributed by atoms with van der Waals surface area (Å²) >= 11 is 0. The smallest absolute Gasteiger partial charge is 0.122 e. The van der Waals surface area contributed by atoms with E-state index in [0.29, 0.717) is 6.54 Å². The fourth-order valence-corrected chi connectivity index (χ4v) is 2.18. The van der Waals surface area contributed by atoms with Crippen LogP contribution in [0.4, 0.5) is 0 Å². The summed E-state index contributed by atoms with van der Waals surface area (Å²) in [4.78, 5) is 2.44. The van der Waals surface area contributed by atoms with Gasteiger partial charge in [-0.2, -0.15) is 0 Å². The van der Waals surface area contributed by atoms with Crippen LogP contribution in [0.1, 0.15) is 37.1 Å². The average molecular weight is 224 g/mol. The van der Waals surface area contributed by atoms with Crippen LogP contribution in [0.2, 0.25) is 0 Å². The molecule has 0 aliphatic carbocycles. The molecule has 0 amide bonds. The summed E-state index contributed by atoms with van der Waals surface area (Å²) in [5.41, 5.74) is 7.41. The zero-order chi connectivity index (χ0) is 11.2. The summed E-state index contributed by atoms with van der Waals surface area (Å²) in [6.07, 6.45) is 6.04. The third-order valence-electron chi connectivity index (χ3n) is 3.09. The second-order valence-electron chi connectivity index (χ2n) is 4.39. The number of hydrogen-bond acceptors (Lipinski definition) is 5. The van der Waals surface area contributed by atoms with Crippen LogP contribution in [0.5, 0.6) is 0 Å². The largest absolute Gasteiger partial charge is 0.330 e. The minimum atomic E-state index is 0.598. The van der Waals surface area contributed by atoms with Crippen LogP contribution in [0.15, 0.2) is 4.63 Å². The van der Waals surface area contributed by atoms with Crippen molar-refractivity contribution in [1.82, 2.24) is 15.2 Å². The molecule has 1 fully saturated rings. The molecule has 90 valence electrons. The van der Waals surface area contributed by atoms with E-state index < -0.39 is 0 Å². The molecule has 1 aliphatic rings. The highest BCUT2D eigenvalue weighted by atomic mass is 16.6. The molecule has 0 saturated carbocycles. The molecule has 1 aromatic heterocycles. The Morgan fingerprint density at radius 1 is 1.06 bits per heavy atom. The predicted molar refractivity (Wildman–Crippen MR) is 60.8 cm³/mol. The first-order chi connectivity index (χ1) is 7.90. The number of aromatic nitrogens is 2. The number of hydrogen-bond donors (Lipinski definition) is 1. The zero-order valence-corrected chi connectivity index (χ0v) is 9.69. The fourth-order valence-electron chi connectivity index (χ4n) is 2.18. The van der Waals surface area contributed by atoms with Crippen molar-refractivity contribution in [2.45, 2.75) is 38.6 Å². The van der Waals surface area contributed by atoms with Crippen molar-refractivity contribution in [2.75, 3.05) is 19.6 Å². The van der Waals surface area contributed by atoms with Gasteiger partial charge >= 0.3 is 0 Å². The molecule has 16 heavy (non-hydrogen) atoms. The van der Waals surface area contributed by atoms with E-state index in [0.717, 1.165) is 37.4 Å². The van der Waals surface area contributed by atoms with E-state index in [4.69, 9.17) is 10.4 Å². The Balaban J connectivity index is 1.93. The van der Waals surface area contributed by atoms with Crippen molar-refractivity contribution in [3.05, 3.63) is 11.4 Å². The molecule has 0 atom stereocenters. The van der Waals surface area contributed by atoms with Crippen LogP contribution in [-0.4, -0.2) is 34.8 Å². The number of nitrogens with two attached hydrogens (primary N) is 1. The van der Waals surface area contributed by atoms with Crippen LogP contribution >= 0.6 is 0 Å². The van der Waals surface area contributed by atoms with E-state index in [1.807, 2.05) is 0 Å². The predicted octanol–water partition coefficient (Wildman–Crippen LogP) is 0.947. The summed E-state index contributed by atoms with van der Waals surface area (Å²) < 4.78 is 4.79. The van der Waals surface area contributed by atoms with E-state index in [9.17, 15) is 0 Å². The van der Waals surface area contributed by atoms with E-state index in [1.54, 1.807) is 0 Å². The molecule has 5 heteroatoms. The lowest BCUT2D eigenvalue weighted by atomic mass is 10.2. The first-order valence-electron chi connectivity index (χ1n) is 6.13. The SMILES string of the molecule is NCCc1nonc1CN1CCCCCC1. The zero-order valence-electron chi connectivity index (χ0n) is 9.69. The van der Waals surface area contributed by atoms with Crippen molar-refractivity contribution in [3.8, 4) is 0 Å². The first kappa shape index (κ1) is 11.5. The van der Waals surface area contributed by atoms with Gasteiger partial charge < -0.3 is 5.73 Å². The number of likely N-dealkylation sites (tertiary alicyclic amines) is 1. The fraction of sp³-hybridized carbons (Fsp3) is 0.818. The standard InChI is InChI=1S/C11H20N4O/c12-6-5-10-11(14-16-13-10)9-15-7-3-1-2-4-8-15/h1-9,12H2. The van der Waals surface area contributed by atoms with Gasteiger partial charge in [-0.05, 0) is 32.5 Å². The third-order valence-corrected chi connectivity index (χ3v) is 3.09. The van der Waals surface area contributed by atoms with Gasteiger partial charge in [0.15, 0.2) is 0 Å². The first-order valence-corrected chi connectivity index (χ1v) is 6.13. The Labute approximate surface area is 95.9 Å². The number of nitrogens with zero attached hydrogens (tertiary/aromatic N) is 3. The Hall–Kier alpha value is -0.940. The van der Waals surface area contributed by atoms with Crippen LogP contribution in [-0.2, 0) is 13.0 Å². The number of rotatable bonds is 4. The molecule has 2 heterocycles. The van der Waals surface area contributed by atoms with Gasteiger partial charge in [-0.25, -0.2) is 4.63 Å². The third kappa shape index (κ3) is 3.02. The van der Waals surface area contributed by atoms with Gasteiger partial charge in [0.1, 0.15) is 11.4 Å².